The van der Waals surface area contributed by atoms with Crippen LogP contribution in [0.4, 0.5) is 0 Å². The number of ether oxygens (including phenoxy) is 2. The van der Waals surface area contributed by atoms with Crippen LogP contribution in [0.15, 0.2) is 11.3 Å². The molecule has 1 saturated carbocycles. The molecule has 1 N–H and O–H groups in total. The minimum absolute atomic E-state index is 0.0732. The highest BCUT2D eigenvalue weighted by Gasteiger charge is 2.34. The van der Waals surface area contributed by atoms with E-state index in [0.717, 1.165) is 50.7 Å². The molecule has 2 aliphatic rings. The molecule has 1 saturated heterocycles. The van der Waals surface area contributed by atoms with Crippen LogP contribution in [0.3, 0.4) is 0 Å². The molecule has 4 heteroatoms. The van der Waals surface area contributed by atoms with Crippen molar-refractivity contribution in [3.05, 3.63) is 11.3 Å². The second kappa shape index (κ2) is 7.40. The van der Waals surface area contributed by atoms with Gasteiger partial charge in [0.05, 0.1) is 20.3 Å². The predicted octanol–water partition coefficient (Wildman–Crippen LogP) is 4.03. The van der Waals surface area contributed by atoms with Crippen LogP contribution in [0.5, 0.6) is 0 Å². The van der Waals surface area contributed by atoms with E-state index in [1.165, 1.54) is 12.8 Å². The number of rotatable bonds is 5. The largest absolute Gasteiger partial charge is 0.385 e. The quantitative estimate of drug-likeness (QED) is 0.779. The molecule has 0 spiro atoms. The summed E-state index contributed by atoms with van der Waals surface area (Å²) in [4.78, 5) is 0. The standard InChI is InChI=1S/C17H32O3Si/c1-21(2,3)14-15(17(18)10-6-4-7-11-17)13-20-16-9-5-8-12-19-16/h14,16,18H,4-13H2,1-3H3/b15-14+. The first-order valence-corrected chi connectivity index (χ1v) is 12.1. The zero-order valence-corrected chi connectivity index (χ0v) is 15.0. The first-order chi connectivity index (χ1) is 9.89. The van der Waals surface area contributed by atoms with E-state index < -0.39 is 13.7 Å². The zero-order valence-electron chi connectivity index (χ0n) is 14.0. The Balaban J connectivity index is 2.03. The first kappa shape index (κ1) is 17.2. The SMILES string of the molecule is C[Si](C)(C)/C=C(\COC1CCCCO1)C1(O)CCCCC1. The highest BCUT2D eigenvalue weighted by atomic mass is 28.3. The van der Waals surface area contributed by atoms with E-state index in [-0.39, 0.29) is 6.29 Å². The Morgan fingerprint density at radius 2 is 1.90 bits per heavy atom. The minimum atomic E-state index is -1.38. The summed E-state index contributed by atoms with van der Waals surface area (Å²) >= 11 is 0. The molecule has 0 amide bonds. The summed E-state index contributed by atoms with van der Waals surface area (Å²) in [6, 6.07) is 0. The van der Waals surface area contributed by atoms with Gasteiger partial charge in [-0.15, -0.1) is 0 Å². The van der Waals surface area contributed by atoms with E-state index in [1.54, 1.807) is 0 Å². The van der Waals surface area contributed by atoms with Crippen molar-refractivity contribution >= 4 is 8.07 Å². The molecule has 1 aliphatic carbocycles. The van der Waals surface area contributed by atoms with E-state index in [2.05, 4.69) is 25.3 Å². The summed E-state index contributed by atoms with van der Waals surface area (Å²) < 4.78 is 11.6. The van der Waals surface area contributed by atoms with E-state index >= 15 is 0 Å². The molecule has 1 aliphatic heterocycles. The fraction of sp³-hybridized carbons (Fsp3) is 0.882. The number of hydrogen-bond donors (Lipinski definition) is 1. The number of aliphatic hydroxyl groups is 1. The highest BCUT2D eigenvalue weighted by molar-refractivity contribution is 6.81. The monoisotopic (exact) mass is 312 g/mol. The van der Waals surface area contributed by atoms with Gasteiger partial charge in [-0.05, 0) is 37.7 Å². The Morgan fingerprint density at radius 1 is 1.19 bits per heavy atom. The molecule has 0 bridgehead atoms. The maximum Gasteiger partial charge on any atom is 0.158 e. The van der Waals surface area contributed by atoms with Crippen molar-refractivity contribution in [2.24, 2.45) is 0 Å². The molecule has 0 radical (unpaired) electrons. The van der Waals surface area contributed by atoms with Gasteiger partial charge in [0, 0.05) is 6.61 Å². The first-order valence-electron chi connectivity index (χ1n) is 8.57. The van der Waals surface area contributed by atoms with Crippen molar-refractivity contribution in [3.8, 4) is 0 Å². The molecule has 122 valence electrons. The van der Waals surface area contributed by atoms with Crippen molar-refractivity contribution in [1.82, 2.24) is 0 Å². The third-order valence-corrected chi connectivity index (χ3v) is 5.66. The molecule has 2 rings (SSSR count). The van der Waals surface area contributed by atoms with Crippen LogP contribution in [0.2, 0.25) is 19.6 Å². The summed E-state index contributed by atoms with van der Waals surface area (Å²) in [6.45, 7) is 8.29. The van der Waals surface area contributed by atoms with Gasteiger partial charge in [-0.3, -0.25) is 0 Å². The molecule has 1 unspecified atom stereocenters. The molecular weight excluding hydrogens is 280 g/mol. The average Bonchev–Trinajstić information content (AvgIpc) is 2.44. The van der Waals surface area contributed by atoms with Crippen LogP contribution in [0.25, 0.3) is 0 Å². The Kier molecular flexibility index (Phi) is 6.06. The smallest absolute Gasteiger partial charge is 0.158 e. The lowest BCUT2D eigenvalue weighted by atomic mass is 9.80. The Morgan fingerprint density at radius 3 is 2.48 bits per heavy atom. The van der Waals surface area contributed by atoms with Crippen LogP contribution < -0.4 is 0 Å². The van der Waals surface area contributed by atoms with Gasteiger partial charge in [-0.25, -0.2) is 0 Å². The van der Waals surface area contributed by atoms with E-state index in [9.17, 15) is 5.11 Å². The molecule has 0 aromatic carbocycles. The van der Waals surface area contributed by atoms with Gasteiger partial charge in [0.25, 0.3) is 0 Å². The molecule has 0 aromatic heterocycles. The van der Waals surface area contributed by atoms with Gasteiger partial charge in [-0.2, -0.15) is 0 Å². The minimum Gasteiger partial charge on any atom is -0.385 e. The lowest BCUT2D eigenvalue weighted by Crippen LogP contribution is -2.38. The molecule has 3 nitrogen and oxygen atoms in total. The third-order valence-electron chi connectivity index (χ3n) is 4.45. The average molecular weight is 313 g/mol. The lowest BCUT2D eigenvalue weighted by Gasteiger charge is -2.36. The Labute approximate surface area is 130 Å². The molecule has 2 fully saturated rings. The fourth-order valence-corrected chi connectivity index (χ4v) is 4.71. The fourth-order valence-electron chi connectivity index (χ4n) is 3.32. The summed E-state index contributed by atoms with van der Waals surface area (Å²) in [7, 11) is -1.38. The molecule has 21 heavy (non-hydrogen) atoms. The van der Waals surface area contributed by atoms with Crippen molar-refractivity contribution in [2.45, 2.75) is 82.9 Å². The van der Waals surface area contributed by atoms with Crippen LogP contribution in [0.1, 0.15) is 51.4 Å². The van der Waals surface area contributed by atoms with Crippen LogP contribution in [0, 0.1) is 0 Å². The maximum atomic E-state index is 11.1. The summed E-state index contributed by atoms with van der Waals surface area (Å²) in [5.41, 5.74) is 2.84. The van der Waals surface area contributed by atoms with Gasteiger partial charge >= 0.3 is 0 Å². The van der Waals surface area contributed by atoms with Crippen LogP contribution in [-0.2, 0) is 9.47 Å². The Bertz CT molecular complexity index is 348. The summed E-state index contributed by atoms with van der Waals surface area (Å²) in [5.74, 6) is 0. The third kappa shape index (κ3) is 5.51. The van der Waals surface area contributed by atoms with Gasteiger partial charge in [-0.1, -0.05) is 44.6 Å². The van der Waals surface area contributed by atoms with Crippen LogP contribution in [-0.4, -0.2) is 38.3 Å². The van der Waals surface area contributed by atoms with Crippen LogP contribution >= 0.6 is 0 Å². The van der Waals surface area contributed by atoms with Gasteiger partial charge in [0.1, 0.15) is 0 Å². The normalized spacial score (nSPS) is 27.6. The molecule has 1 atom stereocenters. The maximum absolute atomic E-state index is 11.1. The van der Waals surface area contributed by atoms with E-state index in [4.69, 9.17) is 9.47 Å². The van der Waals surface area contributed by atoms with Crippen molar-refractivity contribution in [2.75, 3.05) is 13.2 Å². The zero-order chi connectivity index (χ0) is 15.3. The second-order valence-electron chi connectivity index (χ2n) is 7.73. The second-order valence-corrected chi connectivity index (χ2v) is 12.8. The number of hydrogen-bond acceptors (Lipinski definition) is 3. The van der Waals surface area contributed by atoms with Crippen molar-refractivity contribution in [3.63, 3.8) is 0 Å². The molecular formula is C17H32O3Si. The van der Waals surface area contributed by atoms with Gasteiger partial charge in [0.2, 0.25) is 0 Å². The van der Waals surface area contributed by atoms with Crippen molar-refractivity contribution in [1.29, 1.82) is 0 Å². The molecule has 1 heterocycles. The van der Waals surface area contributed by atoms with Gasteiger partial charge < -0.3 is 14.6 Å². The summed E-state index contributed by atoms with van der Waals surface area (Å²) in [6.07, 6.45) is 8.50. The van der Waals surface area contributed by atoms with Crippen molar-refractivity contribution < 1.29 is 14.6 Å². The topological polar surface area (TPSA) is 38.7 Å². The Hall–Kier alpha value is -0.163. The highest BCUT2D eigenvalue weighted by Crippen LogP contribution is 2.35. The lowest BCUT2D eigenvalue weighted by molar-refractivity contribution is -0.160. The summed E-state index contributed by atoms with van der Waals surface area (Å²) in [5, 5.41) is 11.1. The van der Waals surface area contributed by atoms with Gasteiger partial charge in [0.15, 0.2) is 6.29 Å². The predicted molar refractivity (Wildman–Crippen MR) is 89.0 cm³/mol. The van der Waals surface area contributed by atoms with E-state index in [1.807, 2.05) is 0 Å². The van der Waals surface area contributed by atoms with E-state index in [0.29, 0.717) is 6.61 Å². The molecule has 0 aromatic rings.